The molecular formula is C21H19Cl2N3O3S2. The number of aromatic nitrogens is 1. The Kier molecular flexibility index (Phi) is 6.64. The summed E-state index contributed by atoms with van der Waals surface area (Å²) in [7, 11) is -3.60. The summed E-state index contributed by atoms with van der Waals surface area (Å²) in [5.74, 6) is -0.0699. The first kappa shape index (κ1) is 22.2. The van der Waals surface area contributed by atoms with Crippen molar-refractivity contribution in [1.29, 1.82) is 0 Å². The van der Waals surface area contributed by atoms with Gasteiger partial charge in [0.15, 0.2) is 0 Å². The maximum absolute atomic E-state index is 12.8. The summed E-state index contributed by atoms with van der Waals surface area (Å²) in [6.07, 6.45) is 0.172. The maximum atomic E-state index is 12.8. The van der Waals surface area contributed by atoms with Gasteiger partial charge < -0.3 is 4.90 Å². The number of benzene rings is 2. The van der Waals surface area contributed by atoms with Crippen LogP contribution in [-0.4, -0.2) is 54.7 Å². The van der Waals surface area contributed by atoms with Gasteiger partial charge in [0.05, 0.1) is 22.0 Å². The summed E-state index contributed by atoms with van der Waals surface area (Å²) < 4.78 is 27.0. The van der Waals surface area contributed by atoms with Crippen molar-refractivity contribution >= 4 is 50.5 Å². The number of nitrogens with zero attached hydrogens (tertiary/aromatic N) is 3. The van der Waals surface area contributed by atoms with Crippen LogP contribution in [0.15, 0.2) is 58.8 Å². The minimum atomic E-state index is -3.60. The molecule has 1 aliphatic rings. The number of thiazole rings is 1. The molecule has 1 fully saturated rings. The molecule has 1 amide bonds. The fourth-order valence-electron chi connectivity index (χ4n) is 3.35. The Morgan fingerprint density at radius 2 is 1.68 bits per heavy atom. The summed E-state index contributed by atoms with van der Waals surface area (Å²) in [6.45, 7) is 1.18. The molecule has 2 aromatic carbocycles. The molecule has 2 heterocycles. The van der Waals surface area contributed by atoms with Gasteiger partial charge in [-0.15, -0.1) is 11.3 Å². The molecule has 0 aliphatic carbocycles. The molecule has 0 bridgehead atoms. The van der Waals surface area contributed by atoms with E-state index in [0.29, 0.717) is 28.8 Å². The van der Waals surface area contributed by atoms with E-state index in [1.807, 2.05) is 23.6 Å². The number of carbonyl (C=O) groups excluding carboxylic acids is 1. The molecule has 0 atom stereocenters. The van der Waals surface area contributed by atoms with E-state index in [1.54, 1.807) is 23.1 Å². The first-order valence-electron chi connectivity index (χ1n) is 9.57. The van der Waals surface area contributed by atoms with E-state index < -0.39 is 10.0 Å². The van der Waals surface area contributed by atoms with E-state index in [2.05, 4.69) is 4.98 Å². The van der Waals surface area contributed by atoms with Crippen LogP contribution in [-0.2, 0) is 21.2 Å². The zero-order valence-corrected chi connectivity index (χ0v) is 19.5. The Hall–Kier alpha value is -1.97. The molecule has 31 heavy (non-hydrogen) atoms. The Balaban J connectivity index is 1.37. The molecule has 1 aromatic heterocycles. The van der Waals surface area contributed by atoms with Gasteiger partial charge in [-0.2, -0.15) is 4.31 Å². The number of amides is 1. The Morgan fingerprint density at radius 1 is 1.00 bits per heavy atom. The molecule has 0 radical (unpaired) electrons. The number of rotatable bonds is 5. The van der Waals surface area contributed by atoms with Gasteiger partial charge in [-0.3, -0.25) is 4.79 Å². The molecule has 0 saturated carbocycles. The largest absolute Gasteiger partial charge is 0.340 e. The summed E-state index contributed by atoms with van der Waals surface area (Å²) in [5, 5.41) is 3.73. The van der Waals surface area contributed by atoms with Gasteiger partial charge in [0.25, 0.3) is 0 Å². The second-order valence-corrected chi connectivity index (χ2v) is 10.7. The molecule has 0 N–H and O–H groups in total. The van der Waals surface area contributed by atoms with Crippen molar-refractivity contribution in [3.05, 3.63) is 69.7 Å². The highest BCUT2D eigenvalue weighted by Crippen LogP contribution is 2.30. The fraction of sp³-hybridized carbons (Fsp3) is 0.238. The van der Waals surface area contributed by atoms with E-state index in [0.717, 1.165) is 10.6 Å². The molecule has 0 unspecified atom stereocenters. The molecule has 4 rings (SSSR count). The van der Waals surface area contributed by atoms with Gasteiger partial charge >= 0.3 is 0 Å². The van der Waals surface area contributed by atoms with Crippen molar-refractivity contribution < 1.29 is 13.2 Å². The summed E-state index contributed by atoms with van der Waals surface area (Å²) in [6, 6.07) is 13.6. The predicted molar refractivity (Wildman–Crippen MR) is 123 cm³/mol. The average Bonchev–Trinajstić information content (AvgIpc) is 3.22. The summed E-state index contributed by atoms with van der Waals surface area (Å²) in [4.78, 5) is 19.2. The maximum Gasteiger partial charge on any atom is 0.243 e. The van der Waals surface area contributed by atoms with E-state index in [9.17, 15) is 13.2 Å². The number of carbonyl (C=O) groups is 1. The van der Waals surface area contributed by atoms with Crippen LogP contribution in [0, 0.1) is 0 Å². The third-order valence-corrected chi connectivity index (χ3v) is 8.45. The zero-order valence-electron chi connectivity index (χ0n) is 16.4. The first-order valence-corrected chi connectivity index (χ1v) is 12.6. The van der Waals surface area contributed by atoms with Crippen LogP contribution in [0.25, 0.3) is 10.6 Å². The number of hydrogen-bond donors (Lipinski definition) is 0. The van der Waals surface area contributed by atoms with Gasteiger partial charge in [-0.05, 0) is 30.3 Å². The average molecular weight is 496 g/mol. The topological polar surface area (TPSA) is 70.6 Å². The van der Waals surface area contributed by atoms with Gasteiger partial charge in [-0.1, -0.05) is 41.4 Å². The number of piperazine rings is 1. The first-order chi connectivity index (χ1) is 14.8. The lowest BCUT2D eigenvalue weighted by molar-refractivity contribution is -0.131. The SMILES string of the molecule is O=C(Cc1csc(-c2ccccc2Cl)n1)N1CCN(S(=O)(=O)c2ccc(Cl)cc2)CC1. The van der Waals surface area contributed by atoms with Crippen molar-refractivity contribution in [1.82, 2.24) is 14.2 Å². The van der Waals surface area contributed by atoms with Crippen LogP contribution < -0.4 is 0 Å². The van der Waals surface area contributed by atoms with Crippen molar-refractivity contribution in [2.45, 2.75) is 11.3 Å². The smallest absolute Gasteiger partial charge is 0.243 e. The van der Waals surface area contributed by atoms with Gasteiger partial charge in [-0.25, -0.2) is 13.4 Å². The highest BCUT2D eigenvalue weighted by atomic mass is 35.5. The predicted octanol–water partition coefficient (Wildman–Crippen LogP) is 4.19. The van der Waals surface area contributed by atoms with E-state index in [4.69, 9.17) is 23.2 Å². The lowest BCUT2D eigenvalue weighted by atomic mass is 10.2. The highest BCUT2D eigenvalue weighted by Gasteiger charge is 2.30. The number of halogens is 2. The minimum Gasteiger partial charge on any atom is -0.340 e. The van der Waals surface area contributed by atoms with Gasteiger partial charge in [0.2, 0.25) is 15.9 Å². The number of sulfonamides is 1. The van der Waals surface area contributed by atoms with Gasteiger partial charge in [0.1, 0.15) is 5.01 Å². The molecule has 3 aromatic rings. The van der Waals surface area contributed by atoms with Crippen LogP contribution in [0.4, 0.5) is 0 Å². The Labute approximate surface area is 195 Å². The summed E-state index contributed by atoms with van der Waals surface area (Å²) in [5.41, 5.74) is 1.52. The lowest BCUT2D eigenvalue weighted by Gasteiger charge is -2.34. The van der Waals surface area contributed by atoms with Crippen LogP contribution in [0.1, 0.15) is 5.69 Å². The monoisotopic (exact) mass is 495 g/mol. The second-order valence-electron chi connectivity index (χ2n) is 7.04. The van der Waals surface area contributed by atoms with Crippen molar-refractivity contribution in [2.75, 3.05) is 26.2 Å². The zero-order chi connectivity index (χ0) is 22.0. The molecule has 6 nitrogen and oxygen atoms in total. The third-order valence-electron chi connectivity index (χ3n) is 5.03. The highest BCUT2D eigenvalue weighted by molar-refractivity contribution is 7.89. The molecule has 162 valence electrons. The third kappa shape index (κ3) is 4.94. The molecule has 10 heteroatoms. The van der Waals surface area contributed by atoms with Crippen LogP contribution in [0.5, 0.6) is 0 Å². The molecule has 1 saturated heterocycles. The molecular weight excluding hydrogens is 477 g/mol. The fourth-order valence-corrected chi connectivity index (χ4v) is 6.03. The normalized spacial score (nSPS) is 15.2. The minimum absolute atomic E-state index is 0.0699. The van der Waals surface area contributed by atoms with E-state index >= 15 is 0 Å². The quantitative estimate of drug-likeness (QED) is 0.531. The van der Waals surface area contributed by atoms with Gasteiger partial charge in [0, 0.05) is 42.1 Å². The Morgan fingerprint density at radius 3 is 2.35 bits per heavy atom. The lowest BCUT2D eigenvalue weighted by Crippen LogP contribution is -2.50. The van der Waals surface area contributed by atoms with Crippen LogP contribution in [0.3, 0.4) is 0 Å². The molecule has 1 aliphatic heterocycles. The van der Waals surface area contributed by atoms with Crippen molar-refractivity contribution in [3.63, 3.8) is 0 Å². The summed E-state index contributed by atoms with van der Waals surface area (Å²) >= 11 is 13.5. The standard InChI is InChI=1S/C21H19Cl2N3O3S2/c22-15-5-7-17(8-6-15)31(28,29)26-11-9-25(10-12-26)20(27)13-16-14-30-21(24-16)18-3-1-2-4-19(18)23/h1-8,14H,9-13H2. The van der Waals surface area contributed by atoms with Crippen molar-refractivity contribution in [3.8, 4) is 10.6 Å². The van der Waals surface area contributed by atoms with Crippen molar-refractivity contribution in [2.24, 2.45) is 0 Å². The van der Waals surface area contributed by atoms with Crippen LogP contribution >= 0.6 is 34.5 Å². The Bertz CT molecular complexity index is 1190. The van der Waals surface area contributed by atoms with E-state index in [1.165, 1.54) is 27.8 Å². The molecule has 0 spiro atoms. The number of hydrogen-bond acceptors (Lipinski definition) is 5. The van der Waals surface area contributed by atoms with E-state index in [-0.39, 0.29) is 30.3 Å². The second kappa shape index (κ2) is 9.26. The van der Waals surface area contributed by atoms with Crippen LogP contribution in [0.2, 0.25) is 10.0 Å².